The number of ether oxygens (including phenoxy) is 1. The number of hydrogen-bond acceptors (Lipinski definition) is 5. The van der Waals surface area contributed by atoms with Gasteiger partial charge in [0.2, 0.25) is 0 Å². The van der Waals surface area contributed by atoms with E-state index in [9.17, 15) is 0 Å². The molecule has 0 amide bonds. The van der Waals surface area contributed by atoms with Gasteiger partial charge in [-0.15, -0.1) is 0 Å². The second kappa shape index (κ2) is 8.18. The Balaban J connectivity index is 1.57. The number of likely N-dealkylation sites (tertiary alicyclic amines) is 1. The lowest BCUT2D eigenvalue weighted by molar-refractivity contribution is 0.0300. The molecule has 1 atom stereocenters. The summed E-state index contributed by atoms with van der Waals surface area (Å²) in [5.74, 6) is 0.987. The Bertz CT molecular complexity index is 482. The monoisotopic (exact) mass is 318 g/mol. The highest BCUT2D eigenvalue weighted by Crippen LogP contribution is 2.22. The number of piperidine rings is 1. The molecule has 1 aromatic rings. The SMILES string of the molecule is Cc1cc(C)nc(CN2CCCCC2CCN2CCOCC2)n1. The number of aromatic nitrogens is 2. The molecule has 0 aromatic carbocycles. The van der Waals surface area contributed by atoms with Crippen molar-refractivity contribution in [3.8, 4) is 0 Å². The lowest BCUT2D eigenvalue weighted by Crippen LogP contribution is -2.43. The molecule has 1 aromatic heterocycles. The van der Waals surface area contributed by atoms with Crippen LogP contribution in [0.25, 0.3) is 0 Å². The topological polar surface area (TPSA) is 41.5 Å². The second-order valence-corrected chi connectivity index (χ2v) is 6.93. The molecular formula is C18H30N4O. The van der Waals surface area contributed by atoms with Crippen LogP contribution in [0.1, 0.15) is 42.9 Å². The summed E-state index contributed by atoms with van der Waals surface area (Å²) in [5, 5.41) is 0. The van der Waals surface area contributed by atoms with Crippen molar-refractivity contribution in [3.05, 3.63) is 23.3 Å². The Hall–Kier alpha value is -1.04. The zero-order valence-electron chi connectivity index (χ0n) is 14.6. The van der Waals surface area contributed by atoms with E-state index in [0.29, 0.717) is 6.04 Å². The molecular weight excluding hydrogens is 288 g/mol. The molecule has 2 aliphatic heterocycles. The first-order valence-electron chi connectivity index (χ1n) is 9.06. The highest BCUT2D eigenvalue weighted by Gasteiger charge is 2.24. The fourth-order valence-electron chi connectivity index (χ4n) is 3.80. The molecule has 0 saturated carbocycles. The van der Waals surface area contributed by atoms with Gasteiger partial charge in [-0.1, -0.05) is 6.42 Å². The molecule has 2 aliphatic rings. The Kier molecular flexibility index (Phi) is 5.97. The summed E-state index contributed by atoms with van der Waals surface area (Å²) in [5.41, 5.74) is 2.16. The third kappa shape index (κ3) is 4.96. The Labute approximate surface area is 140 Å². The van der Waals surface area contributed by atoms with Crippen LogP contribution in [-0.2, 0) is 11.3 Å². The Morgan fingerprint density at radius 3 is 2.57 bits per heavy atom. The fourth-order valence-corrected chi connectivity index (χ4v) is 3.80. The minimum absolute atomic E-state index is 0.677. The van der Waals surface area contributed by atoms with Crippen LogP contribution >= 0.6 is 0 Å². The van der Waals surface area contributed by atoms with Crippen LogP contribution in [0.4, 0.5) is 0 Å². The predicted molar refractivity (Wildman–Crippen MR) is 91.4 cm³/mol. The molecule has 3 rings (SSSR count). The maximum Gasteiger partial charge on any atom is 0.142 e. The number of nitrogens with zero attached hydrogens (tertiary/aromatic N) is 4. The normalized spacial score (nSPS) is 24.0. The minimum Gasteiger partial charge on any atom is -0.379 e. The summed E-state index contributed by atoms with van der Waals surface area (Å²) in [4.78, 5) is 14.4. The third-order valence-corrected chi connectivity index (χ3v) is 5.00. The van der Waals surface area contributed by atoms with Crippen LogP contribution in [0.2, 0.25) is 0 Å². The van der Waals surface area contributed by atoms with Gasteiger partial charge in [-0.05, 0) is 52.3 Å². The van der Waals surface area contributed by atoms with Gasteiger partial charge in [-0.25, -0.2) is 9.97 Å². The molecule has 0 spiro atoms. The molecule has 0 aliphatic carbocycles. The number of rotatable bonds is 5. The van der Waals surface area contributed by atoms with Gasteiger partial charge in [0.25, 0.3) is 0 Å². The molecule has 23 heavy (non-hydrogen) atoms. The van der Waals surface area contributed by atoms with Crippen molar-refractivity contribution in [2.75, 3.05) is 39.4 Å². The summed E-state index contributed by atoms with van der Waals surface area (Å²) in [6, 6.07) is 2.73. The van der Waals surface area contributed by atoms with Gasteiger partial charge in [0.1, 0.15) is 5.82 Å². The lowest BCUT2D eigenvalue weighted by Gasteiger charge is -2.37. The summed E-state index contributed by atoms with van der Waals surface area (Å²) in [6.07, 6.45) is 5.23. The van der Waals surface area contributed by atoms with E-state index in [1.165, 1.54) is 38.8 Å². The molecule has 2 saturated heterocycles. The van der Waals surface area contributed by atoms with E-state index in [-0.39, 0.29) is 0 Å². The van der Waals surface area contributed by atoms with Crippen LogP contribution in [-0.4, -0.2) is 65.2 Å². The van der Waals surface area contributed by atoms with Gasteiger partial charge in [0.15, 0.2) is 0 Å². The van der Waals surface area contributed by atoms with Crippen molar-refractivity contribution in [3.63, 3.8) is 0 Å². The zero-order valence-corrected chi connectivity index (χ0v) is 14.6. The van der Waals surface area contributed by atoms with Crippen LogP contribution in [0.5, 0.6) is 0 Å². The number of hydrogen-bond donors (Lipinski definition) is 0. The van der Waals surface area contributed by atoms with Gasteiger partial charge >= 0.3 is 0 Å². The molecule has 0 N–H and O–H groups in total. The highest BCUT2D eigenvalue weighted by molar-refractivity contribution is 5.08. The van der Waals surface area contributed by atoms with Crippen molar-refractivity contribution in [2.45, 2.75) is 52.1 Å². The van der Waals surface area contributed by atoms with E-state index < -0.39 is 0 Å². The van der Waals surface area contributed by atoms with E-state index in [0.717, 1.165) is 50.1 Å². The minimum atomic E-state index is 0.677. The first kappa shape index (κ1) is 16.8. The largest absolute Gasteiger partial charge is 0.379 e. The Morgan fingerprint density at radius 1 is 1.09 bits per heavy atom. The van der Waals surface area contributed by atoms with Crippen LogP contribution in [0.15, 0.2) is 6.07 Å². The molecule has 5 heteroatoms. The molecule has 3 heterocycles. The van der Waals surface area contributed by atoms with Crippen molar-refractivity contribution in [1.29, 1.82) is 0 Å². The van der Waals surface area contributed by atoms with E-state index >= 15 is 0 Å². The van der Waals surface area contributed by atoms with E-state index in [1.54, 1.807) is 0 Å². The average Bonchev–Trinajstić information content (AvgIpc) is 2.54. The smallest absolute Gasteiger partial charge is 0.142 e. The van der Waals surface area contributed by atoms with Gasteiger partial charge in [-0.2, -0.15) is 0 Å². The maximum absolute atomic E-state index is 5.45. The summed E-state index contributed by atoms with van der Waals surface area (Å²) in [7, 11) is 0. The standard InChI is InChI=1S/C18H30N4O/c1-15-13-16(2)20-18(19-15)14-22-7-4-3-5-17(22)6-8-21-9-11-23-12-10-21/h13,17H,3-12,14H2,1-2H3. The van der Waals surface area contributed by atoms with Gasteiger partial charge < -0.3 is 4.74 Å². The van der Waals surface area contributed by atoms with Crippen molar-refractivity contribution in [2.24, 2.45) is 0 Å². The fraction of sp³-hybridized carbons (Fsp3) is 0.778. The first-order valence-corrected chi connectivity index (χ1v) is 9.06. The number of morpholine rings is 1. The van der Waals surface area contributed by atoms with E-state index in [1.807, 2.05) is 0 Å². The van der Waals surface area contributed by atoms with Crippen molar-refractivity contribution >= 4 is 0 Å². The molecule has 1 unspecified atom stereocenters. The molecule has 0 bridgehead atoms. The lowest BCUT2D eigenvalue weighted by atomic mass is 9.99. The van der Waals surface area contributed by atoms with Crippen LogP contribution < -0.4 is 0 Å². The summed E-state index contributed by atoms with van der Waals surface area (Å²) < 4.78 is 5.45. The first-order chi connectivity index (χ1) is 11.2. The molecule has 0 radical (unpaired) electrons. The molecule has 5 nitrogen and oxygen atoms in total. The Morgan fingerprint density at radius 2 is 1.83 bits per heavy atom. The number of aryl methyl sites for hydroxylation is 2. The van der Waals surface area contributed by atoms with Gasteiger partial charge in [0, 0.05) is 30.5 Å². The van der Waals surface area contributed by atoms with Crippen LogP contribution in [0, 0.1) is 13.8 Å². The zero-order chi connectivity index (χ0) is 16.1. The van der Waals surface area contributed by atoms with Gasteiger partial charge in [0.05, 0.1) is 19.8 Å². The predicted octanol–water partition coefficient (Wildman–Crippen LogP) is 2.17. The summed E-state index contributed by atoms with van der Waals surface area (Å²) >= 11 is 0. The third-order valence-electron chi connectivity index (χ3n) is 5.00. The second-order valence-electron chi connectivity index (χ2n) is 6.93. The van der Waals surface area contributed by atoms with Crippen molar-refractivity contribution < 1.29 is 4.74 Å². The summed E-state index contributed by atoms with van der Waals surface area (Å²) in [6.45, 7) is 11.4. The van der Waals surface area contributed by atoms with Crippen molar-refractivity contribution in [1.82, 2.24) is 19.8 Å². The average molecular weight is 318 g/mol. The van der Waals surface area contributed by atoms with Gasteiger partial charge in [-0.3, -0.25) is 9.80 Å². The van der Waals surface area contributed by atoms with E-state index in [2.05, 4.69) is 39.7 Å². The van der Waals surface area contributed by atoms with E-state index in [4.69, 9.17) is 4.74 Å². The van der Waals surface area contributed by atoms with Crippen LogP contribution in [0.3, 0.4) is 0 Å². The molecule has 128 valence electrons. The quantitative estimate of drug-likeness (QED) is 0.832. The molecule has 2 fully saturated rings. The maximum atomic E-state index is 5.45. The highest BCUT2D eigenvalue weighted by atomic mass is 16.5.